The van der Waals surface area contributed by atoms with Crippen LogP contribution in [-0.2, 0) is 6.42 Å². The number of rotatable bonds is 5. The molecule has 106 valence electrons. The Kier molecular flexibility index (Phi) is 4.94. The first-order valence-electron chi connectivity index (χ1n) is 7.02. The molecule has 0 saturated carbocycles. The molecule has 2 unspecified atom stereocenters. The van der Waals surface area contributed by atoms with E-state index in [1.165, 1.54) is 5.56 Å². The third-order valence-electron chi connectivity index (χ3n) is 3.78. The molecule has 0 amide bonds. The van der Waals surface area contributed by atoms with Crippen LogP contribution < -0.4 is 0 Å². The maximum Gasteiger partial charge on any atom is 0.0671 e. The van der Waals surface area contributed by atoms with Crippen LogP contribution in [0.25, 0.3) is 0 Å². The summed E-state index contributed by atoms with van der Waals surface area (Å²) in [5.41, 5.74) is 4.42. The molecule has 0 saturated heterocycles. The largest absolute Gasteiger partial charge is 0.396 e. The van der Waals surface area contributed by atoms with Crippen LogP contribution >= 0.6 is 0 Å². The highest BCUT2D eigenvalue weighted by Gasteiger charge is 2.22. The van der Waals surface area contributed by atoms with Crippen LogP contribution in [0.15, 0.2) is 48.5 Å². The second-order valence-electron chi connectivity index (χ2n) is 5.41. The fraction of sp³-hybridized carbons (Fsp3) is 0.333. The molecule has 2 rings (SSSR count). The van der Waals surface area contributed by atoms with E-state index in [0.717, 1.165) is 16.7 Å². The summed E-state index contributed by atoms with van der Waals surface area (Å²) in [4.78, 5) is 0. The molecule has 0 radical (unpaired) electrons. The summed E-state index contributed by atoms with van der Waals surface area (Å²) in [5.74, 6) is -0.239. The molecule has 2 aromatic carbocycles. The van der Waals surface area contributed by atoms with E-state index >= 15 is 0 Å². The van der Waals surface area contributed by atoms with E-state index in [4.69, 9.17) is 0 Å². The van der Waals surface area contributed by atoms with Crippen LogP contribution in [0.5, 0.6) is 0 Å². The zero-order valence-corrected chi connectivity index (χ0v) is 12.1. The number of aliphatic hydroxyl groups excluding tert-OH is 2. The van der Waals surface area contributed by atoms with Gasteiger partial charge in [-0.1, -0.05) is 54.1 Å². The van der Waals surface area contributed by atoms with Crippen molar-refractivity contribution >= 4 is 0 Å². The fourth-order valence-electron chi connectivity index (χ4n) is 2.65. The second kappa shape index (κ2) is 6.69. The van der Waals surface area contributed by atoms with Crippen molar-refractivity contribution < 1.29 is 10.2 Å². The standard InChI is InChI=1S/C18H22O2/c1-13-6-5-8-15(10-13)11-18(20)17(12-19)16-9-4-3-7-14(16)2/h3-10,17-20H,11-12H2,1-2H3. The van der Waals surface area contributed by atoms with Crippen LogP contribution in [0, 0.1) is 13.8 Å². The van der Waals surface area contributed by atoms with E-state index in [2.05, 4.69) is 6.07 Å². The Morgan fingerprint density at radius 3 is 2.40 bits per heavy atom. The first-order chi connectivity index (χ1) is 9.61. The fourth-order valence-corrected chi connectivity index (χ4v) is 2.65. The molecule has 0 aromatic heterocycles. The van der Waals surface area contributed by atoms with Crippen molar-refractivity contribution in [3.05, 3.63) is 70.8 Å². The average Bonchev–Trinajstić information content (AvgIpc) is 2.41. The van der Waals surface area contributed by atoms with E-state index in [9.17, 15) is 10.2 Å². The molecule has 2 aromatic rings. The minimum atomic E-state index is -0.581. The molecular formula is C18H22O2. The lowest BCUT2D eigenvalue weighted by atomic mass is 9.87. The molecule has 2 N–H and O–H groups in total. The van der Waals surface area contributed by atoms with E-state index in [0.29, 0.717) is 6.42 Å². The van der Waals surface area contributed by atoms with Crippen molar-refractivity contribution in [3.8, 4) is 0 Å². The first-order valence-corrected chi connectivity index (χ1v) is 7.02. The van der Waals surface area contributed by atoms with Gasteiger partial charge in [-0.3, -0.25) is 0 Å². The number of hydrogen-bond acceptors (Lipinski definition) is 2. The molecule has 0 fully saturated rings. The second-order valence-corrected chi connectivity index (χ2v) is 5.41. The van der Waals surface area contributed by atoms with Gasteiger partial charge < -0.3 is 10.2 Å². The smallest absolute Gasteiger partial charge is 0.0671 e. The van der Waals surface area contributed by atoms with Gasteiger partial charge in [0, 0.05) is 5.92 Å². The number of hydrogen-bond donors (Lipinski definition) is 2. The molecule has 0 aliphatic carbocycles. The topological polar surface area (TPSA) is 40.5 Å². The van der Waals surface area contributed by atoms with Gasteiger partial charge >= 0.3 is 0 Å². The van der Waals surface area contributed by atoms with Gasteiger partial charge in [0.05, 0.1) is 12.7 Å². The highest BCUT2D eigenvalue weighted by atomic mass is 16.3. The Balaban J connectivity index is 2.18. The highest BCUT2D eigenvalue weighted by molar-refractivity contribution is 5.31. The maximum atomic E-state index is 10.5. The molecule has 0 spiro atoms. The van der Waals surface area contributed by atoms with Gasteiger partial charge in [-0.25, -0.2) is 0 Å². The Morgan fingerprint density at radius 1 is 1.00 bits per heavy atom. The molecule has 0 aliphatic rings. The third kappa shape index (κ3) is 3.47. The molecule has 20 heavy (non-hydrogen) atoms. The monoisotopic (exact) mass is 270 g/mol. The summed E-state index contributed by atoms with van der Waals surface area (Å²) >= 11 is 0. The molecule has 2 nitrogen and oxygen atoms in total. The van der Waals surface area contributed by atoms with Crippen LogP contribution in [-0.4, -0.2) is 22.9 Å². The van der Waals surface area contributed by atoms with E-state index in [-0.39, 0.29) is 12.5 Å². The zero-order valence-electron chi connectivity index (χ0n) is 12.1. The van der Waals surface area contributed by atoms with Crippen LogP contribution in [0.3, 0.4) is 0 Å². The van der Waals surface area contributed by atoms with E-state index < -0.39 is 6.10 Å². The van der Waals surface area contributed by atoms with Gasteiger partial charge in [0.15, 0.2) is 0 Å². The average molecular weight is 270 g/mol. The molecule has 0 aliphatic heterocycles. The summed E-state index contributed by atoms with van der Waals surface area (Å²) in [6, 6.07) is 16.1. The number of benzene rings is 2. The SMILES string of the molecule is Cc1cccc(CC(O)C(CO)c2ccccc2C)c1. The minimum absolute atomic E-state index is 0.0438. The molecule has 0 heterocycles. The van der Waals surface area contributed by atoms with Crippen molar-refractivity contribution in [2.75, 3.05) is 6.61 Å². The van der Waals surface area contributed by atoms with Crippen LogP contribution in [0.1, 0.15) is 28.2 Å². The third-order valence-corrected chi connectivity index (χ3v) is 3.78. The maximum absolute atomic E-state index is 10.5. The van der Waals surface area contributed by atoms with Crippen LogP contribution in [0.4, 0.5) is 0 Å². The van der Waals surface area contributed by atoms with Crippen molar-refractivity contribution in [3.63, 3.8) is 0 Å². The number of aliphatic hydroxyl groups is 2. The molecule has 2 heteroatoms. The lowest BCUT2D eigenvalue weighted by Crippen LogP contribution is -2.24. The van der Waals surface area contributed by atoms with Crippen LogP contribution in [0.2, 0.25) is 0 Å². The van der Waals surface area contributed by atoms with Gasteiger partial charge in [-0.2, -0.15) is 0 Å². The Morgan fingerprint density at radius 2 is 1.75 bits per heavy atom. The normalized spacial score (nSPS) is 14.0. The summed E-state index contributed by atoms with van der Waals surface area (Å²) in [7, 11) is 0. The van der Waals surface area contributed by atoms with Crippen molar-refractivity contribution in [1.29, 1.82) is 0 Å². The van der Waals surface area contributed by atoms with Crippen molar-refractivity contribution in [2.45, 2.75) is 32.3 Å². The lowest BCUT2D eigenvalue weighted by molar-refractivity contribution is 0.106. The van der Waals surface area contributed by atoms with Crippen molar-refractivity contribution in [2.24, 2.45) is 0 Å². The van der Waals surface area contributed by atoms with Crippen molar-refractivity contribution in [1.82, 2.24) is 0 Å². The predicted molar refractivity (Wildman–Crippen MR) is 81.9 cm³/mol. The Labute approximate surface area is 120 Å². The summed E-state index contributed by atoms with van der Waals surface area (Å²) in [6.45, 7) is 4.01. The van der Waals surface area contributed by atoms with Gasteiger partial charge in [-0.05, 0) is 37.0 Å². The Bertz CT molecular complexity index is 563. The minimum Gasteiger partial charge on any atom is -0.396 e. The molecule has 2 atom stereocenters. The number of aryl methyl sites for hydroxylation is 2. The van der Waals surface area contributed by atoms with Gasteiger partial charge in [0.2, 0.25) is 0 Å². The molecular weight excluding hydrogens is 248 g/mol. The van der Waals surface area contributed by atoms with Gasteiger partial charge in [0.25, 0.3) is 0 Å². The summed E-state index contributed by atoms with van der Waals surface area (Å²) in [6.07, 6.45) is -0.0239. The zero-order chi connectivity index (χ0) is 14.5. The predicted octanol–water partition coefficient (Wildman–Crippen LogP) is 2.98. The highest BCUT2D eigenvalue weighted by Crippen LogP contribution is 2.25. The molecule has 0 bridgehead atoms. The van der Waals surface area contributed by atoms with Gasteiger partial charge in [-0.15, -0.1) is 0 Å². The lowest BCUT2D eigenvalue weighted by Gasteiger charge is -2.23. The summed E-state index contributed by atoms with van der Waals surface area (Å²) in [5, 5.41) is 20.1. The Hall–Kier alpha value is -1.64. The van der Waals surface area contributed by atoms with Gasteiger partial charge in [0.1, 0.15) is 0 Å². The summed E-state index contributed by atoms with van der Waals surface area (Å²) < 4.78 is 0. The van der Waals surface area contributed by atoms with E-state index in [1.807, 2.05) is 56.3 Å². The first kappa shape index (κ1) is 14.8. The van der Waals surface area contributed by atoms with E-state index in [1.54, 1.807) is 0 Å². The quantitative estimate of drug-likeness (QED) is 0.877.